The number of aliphatic hydroxyl groups excluding tert-OH is 1. The molecule has 4 aliphatic heterocycles. The van der Waals surface area contributed by atoms with Gasteiger partial charge in [0.15, 0.2) is 0 Å². The van der Waals surface area contributed by atoms with Crippen LogP contribution in [0.25, 0.3) is 0 Å². The number of fused-ring (bicyclic) bond motifs is 1. The van der Waals surface area contributed by atoms with Crippen molar-refractivity contribution in [1.82, 2.24) is 14.7 Å². The minimum absolute atomic E-state index is 0.00571. The summed E-state index contributed by atoms with van der Waals surface area (Å²) in [4.78, 5) is 47.6. The fourth-order valence-electron chi connectivity index (χ4n) is 6.52. The molecule has 0 aromatic heterocycles. The van der Waals surface area contributed by atoms with Crippen LogP contribution < -0.4 is 0 Å². The second-order valence-corrected chi connectivity index (χ2v) is 13.5. The zero-order chi connectivity index (χ0) is 28.0. The lowest BCUT2D eigenvalue weighted by molar-refractivity contribution is -0.154. The van der Waals surface area contributed by atoms with Crippen molar-refractivity contribution in [2.75, 3.05) is 65.7 Å². The summed E-state index contributed by atoms with van der Waals surface area (Å²) < 4.78 is 10.4. The van der Waals surface area contributed by atoms with E-state index in [0.717, 1.165) is 26.1 Å². The normalized spacial score (nSPS) is 31.8. The molecule has 39 heavy (non-hydrogen) atoms. The highest BCUT2D eigenvalue weighted by Crippen LogP contribution is 2.68. The highest BCUT2D eigenvalue weighted by atomic mass is 79.9. The number of thioether (sulfide) groups is 1. The molecule has 0 radical (unpaired) electrons. The molecule has 2 amide bonds. The number of esters is 1. The molecular formula is C28H42BrN3O6S. The number of nitrogens with zero attached hydrogens (tertiary/aromatic N) is 3. The summed E-state index contributed by atoms with van der Waals surface area (Å²) in [7, 11) is 0. The van der Waals surface area contributed by atoms with Crippen molar-refractivity contribution in [3.63, 3.8) is 0 Å². The number of amides is 2. The van der Waals surface area contributed by atoms with Gasteiger partial charge in [-0.3, -0.25) is 19.3 Å². The monoisotopic (exact) mass is 627 g/mol. The van der Waals surface area contributed by atoms with Crippen LogP contribution in [0, 0.1) is 11.8 Å². The van der Waals surface area contributed by atoms with Crippen LogP contribution in [0.1, 0.15) is 32.1 Å². The third kappa shape index (κ3) is 6.27. The summed E-state index contributed by atoms with van der Waals surface area (Å²) in [6, 6.07) is -0.674. The highest BCUT2D eigenvalue weighted by Gasteiger charge is 2.76. The molecule has 3 unspecified atom stereocenters. The van der Waals surface area contributed by atoms with E-state index in [1.807, 2.05) is 4.90 Å². The third-order valence-corrected chi connectivity index (χ3v) is 11.6. The minimum atomic E-state index is -0.699. The zero-order valence-electron chi connectivity index (χ0n) is 22.7. The molecule has 0 aromatic carbocycles. The van der Waals surface area contributed by atoms with Gasteiger partial charge in [0.2, 0.25) is 11.8 Å². The van der Waals surface area contributed by atoms with E-state index in [1.165, 1.54) is 0 Å². The molecule has 0 aromatic rings. The lowest BCUT2D eigenvalue weighted by Crippen LogP contribution is -2.56. The standard InChI is InChI=1S/C28H42BrN3O6S/c1-3-5-8-16-38-27(36)21-22-25(34)32(10-6-7-15-33)24(28(22)19-20(29)23(21)39-28)26(35)31(9-4-2)12-11-30-13-17-37-18-14-30/h3-4,20-24,33H,1-2,5-19H2/t20?,21-,22+,23-,24?,28?/m1/s1. The quantitative estimate of drug-likeness (QED) is 0.128. The van der Waals surface area contributed by atoms with Gasteiger partial charge in [-0.15, -0.1) is 24.9 Å². The van der Waals surface area contributed by atoms with Crippen LogP contribution in [0.3, 0.4) is 0 Å². The summed E-state index contributed by atoms with van der Waals surface area (Å²) in [5.74, 6) is -1.76. The number of ether oxygens (including phenoxy) is 2. The van der Waals surface area contributed by atoms with Gasteiger partial charge in [0, 0.05) is 56.0 Å². The summed E-state index contributed by atoms with van der Waals surface area (Å²) in [5.41, 5.74) is 0. The van der Waals surface area contributed by atoms with Crippen LogP contribution in [-0.2, 0) is 23.9 Å². The molecule has 4 fully saturated rings. The number of hydrogen-bond acceptors (Lipinski definition) is 8. The predicted octanol–water partition coefficient (Wildman–Crippen LogP) is 2.08. The van der Waals surface area contributed by atoms with Crippen molar-refractivity contribution in [2.45, 2.75) is 53.0 Å². The molecule has 0 saturated carbocycles. The molecule has 4 saturated heterocycles. The van der Waals surface area contributed by atoms with Crippen molar-refractivity contribution in [3.8, 4) is 0 Å². The molecule has 2 bridgehead atoms. The summed E-state index contributed by atoms with van der Waals surface area (Å²) in [5, 5.41) is 9.26. The molecule has 9 nitrogen and oxygen atoms in total. The first kappa shape index (κ1) is 30.6. The summed E-state index contributed by atoms with van der Waals surface area (Å²) >= 11 is 5.42. The van der Waals surface area contributed by atoms with Crippen LogP contribution in [0.5, 0.6) is 0 Å². The number of hydrogen-bond donors (Lipinski definition) is 1. The predicted molar refractivity (Wildman–Crippen MR) is 155 cm³/mol. The van der Waals surface area contributed by atoms with E-state index >= 15 is 0 Å². The Bertz CT molecular complexity index is 918. The van der Waals surface area contributed by atoms with Gasteiger partial charge in [0.1, 0.15) is 6.04 Å². The maximum atomic E-state index is 14.4. The van der Waals surface area contributed by atoms with Gasteiger partial charge in [-0.25, -0.2) is 0 Å². The smallest absolute Gasteiger partial charge is 0.310 e. The Morgan fingerprint density at radius 3 is 2.67 bits per heavy atom. The number of unbranched alkanes of at least 4 members (excludes halogenated alkanes) is 2. The number of likely N-dealkylation sites (tertiary alicyclic amines) is 1. The Balaban J connectivity index is 1.59. The van der Waals surface area contributed by atoms with E-state index in [-0.39, 0.29) is 41.1 Å². The average molecular weight is 629 g/mol. The van der Waals surface area contributed by atoms with Crippen LogP contribution in [0.15, 0.2) is 25.3 Å². The van der Waals surface area contributed by atoms with Crippen molar-refractivity contribution in [1.29, 1.82) is 0 Å². The van der Waals surface area contributed by atoms with E-state index < -0.39 is 22.6 Å². The van der Waals surface area contributed by atoms with Crippen LogP contribution in [0.4, 0.5) is 0 Å². The number of allylic oxidation sites excluding steroid dienone is 1. The molecule has 4 heterocycles. The van der Waals surface area contributed by atoms with Crippen molar-refractivity contribution >= 4 is 45.5 Å². The number of carbonyl (C=O) groups excluding carboxylic acids is 3. The topological polar surface area (TPSA) is 99.6 Å². The molecule has 1 N–H and O–H groups in total. The van der Waals surface area contributed by atoms with Gasteiger partial charge in [0.25, 0.3) is 0 Å². The first-order valence-electron chi connectivity index (χ1n) is 14.1. The Morgan fingerprint density at radius 2 is 1.97 bits per heavy atom. The van der Waals surface area contributed by atoms with Gasteiger partial charge in [0.05, 0.1) is 36.4 Å². The molecule has 1 spiro atoms. The van der Waals surface area contributed by atoms with Crippen LogP contribution in [-0.4, -0.2) is 124 Å². The Hall–Kier alpha value is -1.40. The Labute approximate surface area is 244 Å². The molecular weight excluding hydrogens is 586 g/mol. The summed E-state index contributed by atoms with van der Waals surface area (Å²) in [6.07, 6.45) is 6.73. The first-order valence-corrected chi connectivity index (χ1v) is 15.9. The molecule has 4 rings (SSSR count). The van der Waals surface area contributed by atoms with Gasteiger partial charge >= 0.3 is 5.97 Å². The number of alkyl halides is 1. The zero-order valence-corrected chi connectivity index (χ0v) is 25.1. The summed E-state index contributed by atoms with van der Waals surface area (Å²) in [6.45, 7) is 13.0. The van der Waals surface area contributed by atoms with E-state index in [1.54, 1.807) is 28.8 Å². The van der Waals surface area contributed by atoms with Gasteiger partial charge in [-0.05, 0) is 32.1 Å². The highest BCUT2D eigenvalue weighted by molar-refractivity contribution is 9.09. The molecule has 0 aliphatic carbocycles. The van der Waals surface area contributed by atoms with Crippen LogP contribution >= 0.6 is 27.7 Å². The molecule has 6 atom stereocenters. The van der Waals surface area contributed by atoms with Gasteiger partial charge in [-0.2, -0.15) is 0 Å². The number of halogens is 1. The minimum Gasteiger partial charge on any atom is -0.465 e. The maximum Gasteiger partial charge on any atom is 0.310 e. The second kappa shape index (κ2) is 14.0. The fourth-order valence-corrected chi connectivity index (χ4v) is 10.1. The number of rotatable bonds is 15. The maximum absolute atomic E-state index is 14.4. The number of carbonyl (C=O) groups is 3. The van der Waals surface area contributed by atoms with Crippen LogP contribution in [0.2, 0.25) is 0 Å². The average Bonchev–Trinajstić information content (AvgIpc) is 3.52. The lowest BCUT2D eigenvalue weighted by atomic mass is 9.71. The van der Waals surface area contributed by atoms with Crippen molar-refractivity contribution in [3.05, 3.63) is 25.3 Å². The second-order valence-electron chi connectivity index (χ2n) is 10.8. The lowest BCUT2D eigenvalue weighted by Gasteiger charge is -2.38. The number of morpholine rings is 1. The third-order valence-electron chi connectivity index (χ3n) is 8.35. The largest absolute Gasteiger partial charge is 0.465 e. The Kier molecular flexibility index (Phi) is 11.0. The molecule has 218 valence electrons. The van der Waals surface area contributed by atoms with E-state index in [0.29, 0.717) is 58.5 Å². The number of aliphatic hydroxyl groups is 1. The van der Waals surface area contributed by atoms with E-state index in [2.05, 4.69) is 34.0 Å². The fraction of sp³-hybridized carbons (Fsp3) is 0.750. The van der Waals surface area contributed by atoms with E-state index in [4.69, 9.17) is 9.47 Å². The molecule has 11 heteroatoms. The van der Waals surface area contributed by atoms with Gasteiger partial charge in [-0.1, -0.05) is 28.1 Å². The first-order chi connectivity index (χ1) is 18.9. The molecule has 4 aliphatic rings. The SMILES string of the molecule is C=CCCCOC(=O)[C@H]1[C@@H]2SC3(CC2Br)C(C(=O)N(CC=C)CCN2CCOCC2)N(CCCCO)C(=O)[C@H]13. The van der Waals surface area contributed by atoms with Crippen molar-refractivity contribution < 1.29 is 29.0 Å². The van der Waals surface area contributed by atoms with Gasteiger partial charge < -0.3 is 24.4 Å². The van der Waals surface area contributed by atoms with Crippen molar-refractivity contribution in [2.24, 2.45) is 11.8 Å². The van der Waals surface area contributed by atoms with E-state index in [9.17, 15) is 19.5 Å². The Morgan fingerprint density at radius 1 is 1.21 bits per heavy atom.